The molecule has 2 rings (SSSR count). The molecule has 0 unspecified atom stereocenters. The van der Waals surface area contributed by atoms with Gasteiger partial charge in [-0.05, 0) is 11.1 Å². The maximum Gasteiger partial charge on any atom is 0.229 e. The van der Waals surface area contributed by atoms with Gasteiger partial charge in [0.1, 0.15) is 5.84 Å². The smallest absolute Gasteiger partial charge is 0.229 e. The fraction of sp³-hybridized carbons (Fsp3) is 0.0909. The highest BCUT2D eigenvalue weighted by Gasteiger charge is 2.20. The van der Waals surface area contributed by atoms with Crippen LogP contribution in [0.3, 0.4) is 0 Å². The summed E-state index contributed by atoms with van der Waals surface area (Å²) in [6.45, 7) is 3.68. The number of hydrogen-bond donors (Lipinski definition) is 2. The molecule has 0 aromatic heterocycles. The fourth-order valence-electron chi connectivity index (χ4n) is 1.66. The first kappa shape index (κ1) is 8.69. The van der Waals surface area contributed by atoms with Crippen LogP contribution < -0.4 is 5.32 Å². The van der Waals surface area contributed by atoms with Crippen molar-refractivity contribution < 1.29 is 4.79 Å². The van der Waals surface area contributed by atoms with Gasteiger partial charge in [-0.25, -0.2) is 0 Å². The Bertz CT molecular complexity index is 435. The Labute approximate surface area is 82.0 Å². The van der Waals surface area contributed by atoms with Gasteiger partial charge in [0, 0.05) is 5.56 Å². The number of carbonyl (C=O) groups is 1. The maximum absolute atomic E-state index is 11.2. The van der Waals surface area contributed by atoms with Crippen LogP contribution >= 0.6 is 0 Å². The first-order valence-corrected chi connectivity index (χ1v) is 4.35. The number of rotatable bonds is 1. The van der Waals surface area contributed by atoms with Gasteiger partial charge in [0.2, 0.25) is 5.91 Å². The topological polar surface area (TPSA) is 53.0 Å². The number of amidine groups is 1. The number of nitrogens with one attached hydrogen (secondary N) is 2. The fourth-order valence-corrected chi connectivity index (χ4v) is 1.66. The zero-order chi connectivity index (χ0) is 10.1. The van der Waals surface area contributed by atoms with Crippen LogP contribution in [-0.2, 0) is 11.2 Å². The Hall–Kier alpha value is -1.90. The second kappa shape index (κ2) is 3.10. The Balaban J connectivity index is 2.64. The third-order valence-electron chi connectivity index (χ3n) is 2.27. The molecule has 70 valence electrons. The van der Waals surface area contributed by atoms with Crippen molar-refractivity contribution in [3.05, 3.63) is 41.5 Å². The minimum atomic E-state index is -0.122. The highest BCUT2D eigenvalue weighted by atomic mass is 16.1. The van der Waals surface area contributed by atoms with Gasteiger partial charge in [0.25, 0.3) is 0 Å². The molecule has 0 saturated heterocycles. The molecule has 0 spiro atoms. The number of hydrogen-bond acceptors (Lipinski definition) is 2. The predicted octanol–water partition coefficient (Wildman–Crippen LogP) is 1.33. The number of amides is 1. The van der Waals surface area contributed by atoms with Gasteiger partial charge in [0.05, 0.1) is 6.42 Å². The lowest BCUT2D eigenvalue weighted by Crippen LogP contribution is -2.37. The quantitative estimate of drug-likeness (QED) is 0.683. The van der Waals surface area contributed by atoms with Crippen LogP contribution in [0.5, 0.6) is 0 Å². The molecule has 2 N–H and O–H groups in total. The lowest BCUT2D eigenvalue weighted by Gasteiger charge is -2.19. The second-order valence-electron chi connectivity index (χ2n) is 3.19. The van der Waals surface area contributed by atoms with Gasteiger partial charge >= 0.3 is 0 Å². The van der Waals surface area contributed by atoms with E-state index in [1.54, 1.807) is 6.08 Å². The highest BCUT2D eigenvalue weighted by molar-refractivity contribution is 6.12. The third kappa shape index (κ3) is 1.23. The van der Waals surface area contributed by atoms with E-state index in [1.165, 1.54) is 0 Å². The van der Waals surface area contributed by atoms with Crippen LogP contribution in [-0.4, -0.2) is 11.7 Å². The summed E-state index contributed by atoms with van der Waals surface area (Å²) in [5.41, 5.74) is 2.59. The molecule has 0 aliphatic carbocycles. The number of fused-ring (bicyclic) bond motifs is 1. The van der Waals surface area contributed by atoms with Gasteiger partial charge in [-0.15, -0.1) is 0 Å². The molecule has 1 amide bonds. The second-order valence-corrected chi connectivity index (χ2v) is 3.19. The molecule has 0 atom stereocenters. The van der Waals surface area contributed by atoms with Crippen molar-refractivity contribution in [2.24, 2.45) is 0 Å². The van der Waals surface area contributed by atoms with Crippen LogP contribution in [0.1, 0.15) is 16.7 Å². The summed E-state index contributed by atoms with van der Waals surface area (Å²) in [6, 6.07) is 5.63. The largest absolute Gasteiger partial charge is 0.310 e. The Morgan fingerprint density at radius 3 is 3.00 bits per heavy atom. The first-order chi connectivity index (χ1) is 6.72. The van der Waals surface area contributed by atoms with Gasteiger partial charge in [-0.1, -0.05) is 30.9 Å². The number of carbonyl (C=O) groups excluding carboxylic acids is 1. The Kier molecular flexibility index (Phi) is 1.93. The molecule has 1 aliphatic rings. The van der Waals surface area contributed by atoms with E-state index in [2.05, 4.69) is 11.9 Å². The van der Waals surface area contributed by atoms with Crippen molar-refractivity contribution in [1.29, 1.82) is 5.41 Å². The molecular weight excluding hydrogens is 176 g/mol. The molecule has 0 saturated carbocycles. The molecule has 0 bridgehead atoms. The SMILES string of the molecule is C=Cc1cccc2c1C(=N)NC(=O)C2. The average Bonchev–Trinajstić information content (AvgIpc) is 2.16. The molecule has 0 radical (unpaired) electrons. The van der Waals surface area contributed by atoms with Crippen LogP contribution in [0.4, 0.5) is 0 Å². The zero-order valence-electron chi connectivity index (χ0n) is 7.63. The molecule has 1 aromatic rings. The maximum atomic E-state index is 11.2. The third-order valence-corrected chi connectivity index (χ3v) is 2.27. The van der Waals surface area contributed by atoms with E-state index in [1.807, 2.05) is 18.2 Å². The molecule has 3 nitrogen and oxygen atoms in total. The van der Waals surface area contributed by atoms with Crippen LogP contribution in [0.15, 0.2) is 24.8 Å². The minimum absolute atomic E-state index is 0.122. The lowest BCUT2D eigenvalue weighted by atomic mass is 9.95. The molecule has 1 heterocycles. The van der Waals surface area contributed by atoms with Crippen LogP contribution in [0.25, 0.3) is 6.08 Å². The van der Waals surface area contributed by atoms with Crippen molar-refractivity contribution in [3.8, 4) is 0 Å². The van der Waals surface area contributed by atoms with E-state index in [-0.39, 0.29) is 11.7 Å². The molecule has 14 heavy (non-hydrogen) atoms. The zero-order valence-corrected chi connectivity index (χ0v) is 7.63. The molecule has 3 heteroatoms. The van der Waals surface area contributed by atoms with Gasteiger partial charge in [-0.3, -0.25) is 10.2 Å². The summed E-state index contributed by atoms with van der Waals surface area (Å²) in [4.78, 5) is 11.2. The predicted molar refractivity (Wildman–Crippen MR) is 55.2 cm³/mol. The van der Waals surface area contributed by atoms with Gasteiger partial charge in [-0.2, -0.15) is 0 Å². The monoisotopic (exact) mass is 186 g/mol. The molecular formula is C11H10N2O. The summed E-state index contributed by atoms with van der Waals surface area (Å²) in [5.74, 6) is 0.0514. The molecule has 1 aromatic carbocycles. The molecule has 0 fully saturated rings. The van der Waals surface area contributed by atoms with Crippen molar-refractivity contribution in [2.45, 2.75) is 6.42 Å². The van der Waals surface area contributed by atoms with Crippen molar-refractivity contribution in [2.75, 3.05) is 0 Å². The van der Waals surface area contributed by atoms with E-state index in [0.717, 1.165) is 16.7 Å². The Morgan fingerprint density at radius 1 is 1.50 bits per heavy atom. The summed E-state index contributed by atoms with van der Waals surface area (Å²) in [7, 11) is 0. The first-order valence-electron chi connectivity index (χ1n) is 4.35. The Morgan fingerprint density at radius 2 is 2.29 bits per heavy atom. The van der Waals surface area contributed by atoms with E-state index in [4.69, 9.17) is 5.41 Å². The summed E-state index contributed by atoms with van der Waals surface area (Å²) >= 11 is 0. The summed E-state index contributed by atoms with van der Waals surface area (Å²) in [6.07, 6.45) is 2.05. The average molecular weight is 186 g/mol. The van der Waals surface area contributed by atoms with Gasteiger partial charge < -0.3 is 5.32 Å². The van der Waals surface area contributed by atoms with E-state index < -0.39 is 0 Å². The van der Waals surface area contributed by atoms with E-state index in [9.17, 15) is 4.79 Å². The van der Waals surface area contributed by atoms with Crippen molar-refractivity contribution in [1.82, 2.24) is 5.32 Å². The normalized spacial score (nSPS) is 14.6. The van der Waals surface area contributed by atoms with E-state index in [0.29, 0.717) is 6.42 Å². The van der Waals surface area contributed by atoms with E-state index >= 15 is 0 Å². The van der Waals surface area contributed by atoms with Crippen LogP contribution in [0.2, 0.25) is 0 Å². The van der Waals surface area contributed by atoms with Crippen LogP contribution in [0, 0.1) is 5.41 Å². The lowest BCUT2D eigenvalue weighted by molar-refractivity contribution is -0.119. The van der Waals surface area contributed by atoms with Gasteiger partial charge in [0.15, 0.2) is 0 Å². The summed E-state index contributed by atoms with van der Waals surface area (Å²) in [5, 5.41) is 10.2. The summed E-state index contributed by atoms with van der Waals surface area (Å²) < 4.78 is 0. The van der Waals surface area contributed by atoms with Crippen molar-refractivity contribution >= 4 is 17.8 Å². The molecule has 1 aliphatic heterocycles. The minimum Gasteiger partial charge on any atom is -0.310 e. The highest BCUT2D eigenvalue weighted by Crippen LogP contribution is 2.19. The van der Waals surface area contributed by atoms with Crippen molar-refractivity contribution in [3.63, 3.8) is 0 Å². The number of benzene rings is 1. The standard InChI is InChI=1S/C11H10N2O/c1-2-7-4-3-5-8-6-9(14)13-11(12)10(7)8/h2-5H,1,6H2,(H2,12,13,14).